The number of hydrogen-bond acceptors (Lipinski definition) is 4. The van der Waals surface area contributed by atoms with Crippen molar-refractivity contribution in [2.75, 3.05) is 0 Å². The van der Waals surface area contributed by atoms with Crippen LogP contribution in [0, 0.1) is 19.0 Å². The molecule has 29 valence electrons. The molecule has 0 saturated heterocycles. The van der Waals surface area contributed by atoms with Gasteiger partial charge in [-0.2, -0.15) is 0 Å². The molecule has 0 saturated carbocycles. The Bertz CT molecular complexity index is 57.1. The maximum Gasteiger partial charge on any atom is -0.112 e. The fourth-order valence-electron chi connectivity index (χ4n) is 0. The molecule has 0 heterocycles. The van der Waals surface area contributed by atoms with Gasteiger partial charge in [-0.05, 0) is 0 Å². The van der Waals surface area contributed by atoms with E-state index in [4.69, 9.17) is 15.4 Å². The molecule has 0 aliphatic carbocycles. The Morgan fingerprint density at radius 2 is 2.00 bits per heavy atom. The molecule has 0 radical (unpaired) electrons. The maximum atomic E-state index is 8.00. The van der Waals surface area contributed by atoms with Crippen LogP contribution in [0.3, 0.4) is 0 Å². The third-order valence-electron chi connectivity index (χ3n) is 0. The summed E-state index contributed by atoms with van der Waals surface area (Å²) in [6.07, 6.45) is 0. The van der Waals surface area contributed by atoms with Gasteiger partial charge in [0.05, 0.1) is 0 Å². The number of rotatable bonds is 0. The quantitative estimate of drug-likeness (QED) is 0.361. The fourth-order valence-corrected chi connectivity index (χ4v) is 0. The molecule has 0 N–H and O–H groups in total. The largest absolute Gasteiger partial charge is 0.444 e. The van der Waals surface area contributed by atoms with Gasteiger partial charge in [-0.25, -0.2) is 0 Å². The standard InChI is InChI=1S/CN.Hg.HNO2/c1-2;;2-1-3/h;;(H,2,3)/p-1. The molecule has 0 spiro atoms. The van der Waals surface area contributed by atoms with Crippen molar-refractivity contribution in [3.63, 3.8) is 0 Å². The molecule has 5 heteroatoms. The smallest absolute Gasteiger partial charge is 0.112 e. The van der Waals surface area contributed by atoms with E-state index in [0.717, 1.165) is 5.34 Å². The predicted molar refractivity (Wildman–Crippen MR) is 14.8 cm³/mol. The first-order chi connectivity index (χ1) is 2.83. The van der Waals surface area contributed by atoms with E-state index in [-0.39, 0.29) is 0 Å². The SMILES string of the molecule is N#[C][Hg].O=N[O-]. The van der Waals surface area contributed by atoms with Gasteiger partial charge in [0, 0.05) is 0 Å². The van der Waals surface area contributed by atoms with E-state index in [1.54, 1.807) is 0 Å². The van der Waals surface area contributed by atoms with E-state index in [1.165, 1.54) is 0 Å². The monoisotopic (exact) mass is 274 g/mol. The average molecular weight is 273 g/mol. The van der Waals surface area contributed by atoms with Crippen molar-refractivity contribution in [1.82, 2.24) is 0 Å². The Labute approximate surface area is 50.7 Å². The van der Waals surface area contributed by atoms with Crippen LogP contribution in [-0.4, -0.2) is 0 Å². The van der Waals surface area contributed by atoms with Gasteiger partial charge in [0.2, 0.25) is 0 Å². The van der Waals surface area contributed by atoms with Crippen LogP contribution in [0.1, 0.15) is 0 Å². The number of nitriles is 1. The van der Waals surface area contributed by atoms with Crippen LogP contribution in [-0.2, 0) is 26.1 Å². The summed E-state index contributed by atoms with van der Waals surface area (Å²) in [7, 11) is 0. The summed E-state index contributed by atoms with van der Waals surface area (Å²) in [5.74, 6) is 0. The van der Waals surface area contributed by atoms with Crippen molar-refractivity contribution in [2.24, 2.45) is 5.34 Å². The molecular formula is CHgN2O2-. The molecule has 0 fully saturated rings. The molecule has 0 amide bonds. The molecule has 0 aromatic rings. The Morgan fingerprint density at radius 1 is 2.00 bits per heavy atom. The summed E-state index contributed by atoms with van der Waals surface area (Å²) in [4.78, 5) is 8.00. The van der Waals surface area contributed by atoms with Crippen LogP contribution < -0.4 is 0 Å². The van der Waals surface area contributed by atoms with E-state index >= 15 is 0 Å². The summed E-state index contributed by atoms with van der Waals surface area (Å²) >= 11 is 0.372. The van der Waals surface area contributed by atoms with E-state index in [2.05, 4.69) is 0 Å². The summed E-state index contributed by atoms with van der Waals surface area (Å²) in [6, 6.07) is 0. The fraction of sp³-hybridized carbons (Fsp3) is 0. The van der Waals surface area contributed by atoms with Crippen LogP contribution >= 0.6 is 0 Å². The van der Waals surface area contributed by atoms with Gasteiger partial charge in [0.25, 0.3) is 0 Å². The van der Waals surface area contributed by atoms with Crippen LogP contribution in [0.2, 0.25) is 0 Å². The Kier molecular flexibility index (Phi) is 32.7. The molecule has 0 aromatic carbocycles. The summed E-state index contributed by atoms with van der Waals surface area (Å²) in [6.45, 7) is 0. The molecule has 0 bridgehead atoms. The summed E-state index contributed by atoms with van der Waals surface area (Å²) < 4.78 is 1.94. The zero-order valence-electron chi connectivity index (χ0n) is 2.92. The average Bonchev–Trinajstić information content (AvgIpc) is 1.39. The van der Waals surface area contributed by atoms with Crippen LogP contribution in [0.25, 0.3) is 0 Å². The molecular weight excluding hydrogens is 273 g/mol. The first kappa shape index (κ1) is 9.27. The first-order valence-corrected chi connectivity index (χ1v) is 3.69. The molecule has 0 aliphatic rings. The molecule has 0 aromatic heterocycles. The summed E-state index contributed by atoms with van der Waals surface area (Å²) in [5.41, 5.74) is 0. The second-order valence-electron chi connectivity index (χ2n) is 0.233. The minimum Gasteiger partial charge on any atom is -0.444 e. The van der Waals surface area contributed by atoms with Gasteiger partial charge in [-0.1, -0.05) is 0 Å². The predicted octanol–water partition coefficient (Wildman–Crippen LogP) is 0.265. The van der Waals surface area contributed by atoms with Gasteiger partial charge in [-0.15, -0.1) is 5.34 Å². The second-order valence-corrected chi connectivity index (χ2v) is 1.46. The molecule has 0 unspecified atom stereocenters. The summed E-state index contributed by atoms with van der Waals surface area (Å²) in [5, 5.41) is 16.4. The zero-order chi connectivity index (χ0) is 5.41. The van der Waals surface area contributed by atoms with Crippen LogP contribution in [0.4, 0.5) is 0 Å². The van der Waals surface area contributed by atoms with Crippen molar-refractivity contribution in [1.29, 1.82) is 5.26 Å². The van der Waals surface area contributed by atoms with Crippen molar-refractivity contribution >= 4 is 0 Å². The molecule has 0 aliphatic heterocycles. The molecule has 0 rings (SSSR count). The topological polar surface area (TPSA) is 76.3 Å². The van der Waals surface area contributed by atoms with Crippen LogP contribution in [0.5, 0.6) is 0 Å². The van der Waals surface area contributed by atoms with Crippen molar-refractivity contribution in [2.45, 2.75) is 0 Å². The van der Waals surface area contributed by atoms with Gasteiger partial charge >= 0.3 is 35.0 Å². The Hall–Kier alpha value is -0.175. The second kappa shape index (κ2) is 21.2. The normalized spacial score (nSPS) is 3.50. The van der Waals surface area contributed by atoms with Crippen molar-refractivity contribution in [3.8, 4) is 3.58 Å². The number of hydrogen-bond donors (Lipinski definition) is 0. The maximum absolute atomic E-state index is 8.00. The van der Waals surface area contributed by atoms with E-state index in [9.17, 15) is 0 Å². The van der Waals surface area contributed by atoms with Gasteiger partial charge in [0.15, 0.2) is 0 Å². The van der Waals surface area contributed by atoms with Gasteiger partial charge in [-0.3, -0.25) is 0 Å². The van der Waals surface area contributed by atoms with E-state index in [1.807, 2.05) is 3.58 Å². The van der Waals surface area contributed by atoms with Gasteiger partial charge in [0.1, 0.15) is 0 Å². The van der Waals surface area contributed by atoms with E-state index in [0.29, 0.717) is 26.1 Å². The minimum atomic E-state index is 0.372. The van der Waals surface area contributed by atoms with Gasteiger partial charge < -0.3 is 10.1 Å². The van der Waals surface area contributed by atoms with Crippen molar-refractivity contribution in [3.05, 3.63) is 10.1 Å². The number of nitrogens with zero attached hydrogens (tertiary/aromatic N) is 2. The third-order valence-corrected chi connectivity index (χ3v) is 0. The van der Waals surface area contributed by atoms with Crippen molar-refractivity contribution < 1.29 is 26.1 Å². The molecule has 4 nitrogen and oxygen atoms in total. The minimum absolute atomic E-state index is 0.372. The Morgan fingerprint density at radius 3 is 2.00 bits per heavy atom. The molecule has 6 heavy (non-hydrogen) atoms. The first-order valence-electron chi connectivity index (χ1n) is 0.942. The zero-order valence-corrected chi connectivity index (χ0v) is 8.42. The Balaban J connectivity index is 0. The third kappa shape index (κ3) is 998. The van der Waals surface area contributed by atoms with Crippen LogP contribution in [0.15, 0.2) is 5.34 Å². The molecule has 0 atom stereocenters. The van der Waals surface area contributed by atoms with E-state index < -0.39 is 0 Å².